The standard InChI is InChI=1S/C27H25NO5/c1-3-30-25-18-20(17-23-27(29)33-26(28-23)21-7-5-4-6-8-21)11-14-24(25)32-16-15-31-22-12-9-19(2)10-13-22/h4-14,17-18H,3,15-16H2,1-2H3/b23-17+. The summed E-state index contributed by atoms with van der Waals surface area (Å²) in [6, 6.07) is 22.7. The molecule has 33 heavy (non-hydrogen) atoms. The second-order valence-electron chi connectivity index (χ2n) is 7.35. The fourth-order valence-corrected chi connectivity index (χ4v) is 3.22. The van der Waals surface area contributed by atoms with Crippen molar-refractivity contribution < 1.29 is 23.7 Å². The van der Waals surface area contributed by atoms with Crippen LogP contribution in [0.2, 0.25) is 0 Å². The molecule has 1 aliphatic rings. The van der Waals surface area contributed by atoms with E-state index in [1.54, 1.807) is 6.08 Å². The number of benzene rings is 3. The number of cyclic esters (lactones) is 1. The number of ether oxygens (including phenoxy) is 4. The highest BCUT2D eigenvalue weighted by atomic mass is 16.6. The fraction of sp³-hybridized carbons (Fsp3) is 0.185. The quantitative estimate of drug-likeness (QED) is 0.258. The predicted molar refractivity (Wildman–Crippen MR) is 127 cm³/mol. The summed E-state index contributed by atoms with van der Waals surface area (Å²) in [7, 11) is 0. The van der Waals surface area contributed by atoms with E-state index in [2.05, 4.69) is 4.99 Å². The lowest BCUT2D eigenvalue weighted by Crippen LogP contribution is -2.10. The van der Waals surface area contributed by atoms with Gasteiger partial charge < -0.3 is 18.9 Å². The highest BCUT2D eigenvalue weighted by Gasteiger charge is 2.24. The smallest absolute Gasteiger partial charge is 0.363 e. The lowest BCUT2D eigenvalue weighted by atomic mass is 10.1. The van der Waals surface area contributed by atoms with E-state index in [1.165, 1.54) is 5.56 Å². The largest absolute Gasteiger partial charge is 0.490 e. The van der Waals surface area contributed by atoms with Crippen LogP contribution in [0.15, 0.2) is 83.5 Å². The number of nitrogens with zero attached hydrogens (tertiary/aromatic N) is 1. The van der Waals surface area contributed by atoms with Crippen LogP contribution in [0.5, 0.6) is 17.2 Å². The number of hydrogen-bond donors (Lipinski definition) is 0. The molecule has 168 valence electrons. The molecule has 0 aliphatic carbocycles. The average molecular weight is 443 g/mol. The molecule has 6 heteroatoms. The molecule has 0 bridgehead atoms. The molecule has 0 N–H and O–H groups in total. The Bertz CT molecular complexity index is 1170. The highest BCUT2D eigenvalue weighted by molar-refractivity contribution is 6.12. The Morgan fingerprint density at radius 3 is 2.39 bits per heavy atom. The lowest BCUT2D eigenvalue weighted by Gasteiger charge is -2.13. The van der Waals surface area contributed by atoms with E-state index in [-0.39, 0.29) is 5.70 Å². The Balaban J connectivity index is 1.43. The van der Waals surface area contributed by atoms with Crippen molar-refractivity contribution in [1.82, 2.24) is 0 Å². The van der Waals surface area contributed by atoms with Crippen LogP contribution >= 0.6 is 0 Å². The van der Waals surface area contributed by atoms with E-state index < -0.39 is 5.97 Å². The van der Waals surface area contributed by atoms with Crippen molar-refractivity contribution in [2.24, 2.45) is 4.99 Å². The first-order chi connectivity index (χ1) is 16.1. The van der Waals surface area contributed by atoms with Gasteiger partial charge in [0.25, 0.3) is 0 Å². The van der Waals surface area contributed by atoms with E-state index in [1.807, 2.05) is 86.6 Å². The zero-order valence-corrected chi connectivity index (χ0v) is 18.6. The minimum atomic E-state index is -0.486. The van der Waals surface area contributed by atoms with Crippen molar-refractivity contribution in [2.45, 2.75) is 13.8 Å². The van der Waals surface area contributed by atoms with Crippen LogP contribution in [0.4, 0.5) is 0 Å². The van der Waals surface area contributed by atoms with Crippen LogP contribution < -0.4 is 14.2 Å². The minimum Gasteiger partial charge on any atom is -0.490 e. The zero-order chi connectivity index (χ0) is 23.0. The number of rotatable bonds is 9. The number of carbonyl (C=O) groups excluding carboxylic acids is 1. The van der Waals surface area contributed by atoms with Gasteiger partial charge in [-0.25, -0.2) is 9.79 Å². The molecule has 0 fully saturated rings. The van der Waals surface area contributed by atoms with Gasteiger partial charge in [0.15, 0.2) is 17.2 Å². The SMILES string of the molecule is CCOc1cc(/C=C2/N=C(c3ccccc3)OC2=O)ccc1OCCOc1ccc(C)cc1. The Morgan fingerprint density at radius 1 is 0.879 bits per heavy atom. The Hall–Kier alpha value is -4.06. The molecular formula is C27H25NO5. The third kappa shape index (κ3) is 5.80. The topological polar surface area (TPSA) is 66.4 Å². The van der Waals surface area contributed by atoms with Gasteiger partial charge in [0, 0.05) is 5.56 Å². The molecular weight excluding hydrogens is 418 g/mol. The molecule has 0 aromatic heterocycles. The maximum Gasteiger partial charge on any atom is 0.363 e. The third-order valence-electron chi connectivity index (χ3n) is 4.84. The number of aryl methyl sites for hydroxylation is 1. The third-order valence-corrected chi connectivity index (χ3v) is 4.84. The predicted octanol–water partition coefficient (Wildman–Crippen LogP) is 5.20. The van der Waals surface area contributed by atoms with Crippen molar-refractivity contribution in [1.29, 1.82) is 0 Å². The van der Waals surface area contributed by atoms with E-state index in [0.29, 0.717) is 37.2 Å². The van der Waals surface area contributed by atoms with Crippen molar-refractivity contribution >= 4 is 17.9 Å². The van der Waals surface area contributed by atoms with E-state index in [0.717, 1.165) is 16.9 Å². The molecule has 3 aromatic carbocycles. The summed E-state index contributed by atoms with van der Waals surface area (Å²) in [5, 5.41) is 0. The summed E-state index contributed by atoms with van der Waals surface area (Å²) >= 11 is 0. The van der Waals surface area contributed by atoms with Crippen LogP contribution in [0.25, 0.3) is 6.08 Å². The van der Waals surface area contributed by atoms with Gasteiger partial charge in [-0.1, -0.05) is 42.0 Å². The number of carbonyl (C=O) groups is 1. The number of aliphatic imine (C=N–C) groups is 1. The Kier molecular flexibility index (Phi) is 7.05. The summed E-state index contributed by atoms with van der Waals surface area (Å²) in [6.45, 7) is 5.19. The van der Waals surface area contributed by atoms with Crippen LogP contribution in [-0.4, -0.2) is 31.7 Å². The fourth-order valence-electron chi connectivity index (χ4n) is 3.22. The molecule has 6 nitrogen and oxygen atoms in total. The van der Waals surface area contributed by atoms with Gasteiger partial charge in [-0.05, 0) is 61.9 Å². The molecule has 3 aromatic rings. The number of hydrogen-bond acceptors (Lipinski definition) is 6. The first kappa shape index (κ1) is 22.1. The Morgan fingerprint density at radius 2 is 1.64 bits per heavy atom. The van der Waals surface area contributed by atoms with Gasteiger partial charge in [-0.3, -0.25) is 0 Å². The minimum absolute atomic E-state index is 0.233. The first-order valence-corrected chi connectivity index (χ1v) is 10.8. The first-order valence-electron chi connectivity index (χ1n) is 10.8. The molecule has 0 spiro atoms. The maximum absolute atomic E-state index is 12.3. The normalized spacial score (nSPS) is 14.1. The van der Waals surface area contributed by atoms with Crippen molar-refractivity contribution in [3.63, 3.8) is 0 Å². The molecule has 1 heterocycles. The van der Waals surface area contributed by atoms with Gasteiger partial charge in [-0.2, -0.15) is 0 Å². The van der Waals surface area contributed by atoms with Gasteiger partial charge in [0.1, 0.15) is 19.0 Å². The van der Waals surface area contributed by atoms with Crippen LogP contribution in [0, 0.1) is 6.92 Å². The highest BCUT2D eigenvalue weighted by Crippen LogP contribution is 2.30. The molecule has 0 radical (unpaired) electrons. The summed E-state index contributed by atoms with van der Waals surface area (Å²) < 4.78 is 22.6. The lowest BCUT2D eigenvalue weighted by molar-refractivity contribution is -0.129. The monoisotopic (exact) mass is 443 g/mol. The second-order valence-corrected chi connectivity index (χ2v) is 7.35. The van der Waals surface area contributed by atoms with E-state index >= 15 is 0 Å². The van der Waals surface area contributed by atoms with Crippen molar-refractivity contribution in [3.05, 3.63) is 95.2 Å². The van der Waals surface area contributed by atoms with E-state index in [4.69, 9.17) is 18.9 Å². The van der Waals surface area contributed by atoms with Gasteiger partial charge >= 0.3 is 5.97 Å². The Labute approximate surface area is 193 Å². The van der Waals surface area contributed by atoms with Crippen LogP contribution in [-0.2, 0) is 9.53 Å². The van der Waals surface area contributed by atoms with Crippen molar-refractivity contribution in [3.8, 4) is 17.2 Å². The molecule has 0 unspecified atom stereocenters. The summed E-state index contributed by atoms with van der Waals surface area (Å²) in [4.78, 5) is 16.6. The van der Waals surface area contributed by atoms with Gasteiger partial charge in [0.2, 0.25) is 5.90 Å². The van der Waals surface area contributed by atoms with Gasteiger partial charge in [-0.15, -0.1) is 0 Å². The van der Waals surface area contributed by atoms with Gasteiger partial charge in [0.05, 0.1) is 6.61 Å². The summed E-state index contributed by atoms with van der Waals surface area (Å²) in [5.41, 5.74) is 2.92. The molecule has 0 saturated carbocycles. The molecule has 4 rings (SSSR count). The maximum atomic E-state index is 12.3. The molecule has 0 amide bonds. The number of esters is 1. The zero-order valence-electron chi connectivity index (χ0n) is 18.6. The summed E-state index contributed by atoms with van der Waals surface area (Å²) in [5.74, 6) is 1.80. The van der Waals surface area contributed by atoms with Crippen molar-refractivity contribution in [2.75, 3.05) is 19.8 Å². The molecule has 1 aliphatic heterocycles. The second kappa shape index (κ2) is 10.5. The molecule has 0 saturated heterocycles. The van der Waals surface area contributed by atoms with Crippen LogP contribution in [0.1, 0.15) is 23.6 Å². The molecule has 0 atom stereocenters. The average Bonchev–Trinajstić information content (AvgIpc) is 3.20. The van der Waals surface area contributed by atoms with Crippen LogP contribution in [0.3, 0.4) is 0 Å². The summed E-state index contributed by atoms with van der Waals surface area (Å²) in [6.07, 6.45) is 1.67. The van der Waals surface area contributed by atoms with E-state index in [9.17, 15) is 4.79 Å².